The number of likely N-dealkylation sites (tertiary alicyclic amines) is 1. The van der Waals surface area contributed by atoms with Crippen LogP contribution in [0, 0.1) is 5.92 Å². The van der Waals surface area contributed by atoms with E-state index in [0.29, 0.717) is 5.92 Å². The van der Waals surface area contributed by atoms with Gasteiger partial charge in [-0.3, -0.25) is 4.90 Å². The van der Waals surface area contributed by atoms with E-state index in [0.717, 1.165) is 25.1 Å². The second kappa shape index (κ2) is 8.29. The van der Waals surface area contributed by atoms with Crippen molar-refractivity contribution in [3.05, 3.63) is 102 Å². The summed E-state index contributed by atoms with van der Waals surface area (Å²) in [6.45, 7) is 1.91. The van der Waals surface area contributed by atoms with Crippen molar-refractivity contribution in [2.45, 2.75) is 18.8 Å². The lowest BCUT2D eigenvalue weighted by Gasteiger charge is -2.45. The van der Waals surface area contributed by atoms with Gasteiger partial charge in [0.1, 0.15) is 5.75 Å². The minimum atomic E-state index is -4.65. The number of alkyl halides is 3. The monoisotopic (exact) mass is 397 g/mol. The van der Waals surface area contributed by atoms with Crippen LogP contribution in [-0.2, 0) is 6.42 Å². The number of halogens is 3. The van der Waals surface area contributed by atoms with E-state index < -0.39 is 6.36 Å². The molecule has 4 rings (SSSR count). The molecule has 2 nitrogen and oxygen atoms in total. The van der Waals surface area contributed by atoms with Gasteiger partial charge >= 0.3 is 6.36 Å². The Hall–Kier alpha value is -2.79. The second-order valence-corrected chi connectivity index (χ2v) is 7.44. The Labute approximate surface area is 168 Å². The third-order valence-corrected chi connectivity index (χ3v) is 5.26. The third-order valence-electron chi connectivity index (χ3n) is 5.26. The Morgan fingerprint density at radius 3 is 1.79 bits per heavy atom. The highest BCUT2D eigenvalue weighted by atomic mass is 19.4. The minimum Gasteiger partial charge on any atom is -0.406 e. The summed E-state index contributed by atoms with van der Waals surface area (Å²) in [5.41, 5.74) is 3.57. The van der Waals surface area contributed by atoms with E-state index in [1.807, 2.05) is 12.1 Å². The average Bonchev–Trinajstić information content (AvgIpc) is 2.68. The number of hydrogen-bond donors (Lipinski definition) is 0. The van der Waals surface area contributed by atoms with Crippen LogP contribution in [0.15, 0.2) is 84.9 Å². The molecule has 5 heteroatoms. The maximum absolute atomic E-state index is 12.3. The SMILES string of the molecule is FC(F)(F)Oc1ccc(CC2CN(C(c3ccccc3)c3ccccc3)C2)cc1. The maximum atomic E-state index is 12.3. The fourth-order valence-electron chi connectivity index (χ4n) is 4.00. The standard InChI is InChI=1S/C24H22F3NO/c25-24(26,27)29-22-13-11-18(12-14-22)15-19-16-28(17-19)23(20-7-3-1-4-8-20)21-9-5-2-6-10-21/h1-14,19,23H,15-17H2. The summed E-state index contributed by atoms with van der Waals surface area (Å²) < 4.78 is 40.8. The molecule has 0 aliphatic carbocycles. The van der Waals surface area contributed by atoms with Crippen LogP contribution >= 0.6 is 0 Å². The van der Waals surface area contributed by atoms with Crippen LogP contribution in [0.4, 0.5) is 13.2 Å². The molecule has 1 fully saturated rings. The number of ether oxygens (including phenoxy) is 1. The summed E-state index contributed by atoms with van der Waals surface area (Å²) in [6.07, 6.45) is -3.81. The van der Waals surface area contributed by atoms with E-state index in [2.05, 4.69) is 58.2 Å². The van der Waals surface area contributed by atoms with Crippen molar-refractivity contribution in [2.75, 3.05) is 13.1 Å². The van der Waals surface area contributed by atoms with Gasteiger partial charge in [-0.15, -0.1) is 13.2 Å². The predicted octanol–water partition coefficient (Wildman–Crippen LogP) is 5.85. The highest BCUT2D eigenvalue weighted by molar-refractivity contribution is 5.33. The van der Waals surface area contributed by atoms with Crippen molar-refractivity contribution in [3.8, 4) is 5.75 Å². The molecular weight excluding hydrogens is 375 g/mol. The van der Waals surface area contributed by atoms with Crippen molar-refractivity contribution in [3.63, 3.8) is 0 Å². The lowest BCUT2D eigenvalue weighted by molar-refractivity contribution is -0.274. The molecule has 1 saturated heterocycles. The van der Waals surface area contributed by atoms with E-state index in [9.17, 15) is 13.2 Å². The van der Waals surface area contributed by atoms with Crippen LogP contribution in [0.1, 0.15) is 22.7 Å². The first-order chi connectivity index (χ1) is 14.0. The molecular formula is C24H22F3NO. The molecule has 0 unspecified atom stereocenters. The zero-order valence-corrected chi connectivity index (χ0v) is 15.8. The van der Waals surface area contributed by atoms with E-state index in [-0.39, 0.29) is 11.8 Å². The van der Waals surface area contributed by atoms with Crippen LogP contribution in [0.2, 0.25) is 0 Å². The highest BCUT2D eigenvalue weighted by Gasteiger charge is 2.34. The van der Waals surface area contributed by atoms with Crippen molar-refractivity contribution < 1.29 is 17.9 Å². The fourth-order valence-corrected chi connectivity index (χ4v) is 4.00. The van der Waals surface area contributed by atoms with Gasteiger partial charge < -0.3 is 4.74 Å². The molecule has 0 spiro atoms. The van der Waals surface area contributed by atoms with Gasteiger partial charge in [-0.1, -0.05) is 72.8 Å². The van der Waals surface area contributed by atoms with Crippen molar-refractivity contribution in [1.29, 1.82) is 0 Å². The van der Waals surface area contributed by atoms with E-state index in [1.165, 1.54) is 23.3 Å². The van der Waals surface area contributed by atoms with Gasteiger partial charge in [-0.2, -0.15) is 0 Å². The molecule has 0 saturated carbocycles. The van der Waals surface area contributed by atoms with Gasteiger partial charge in [-0.25, -0.2) is 0 Å². The number of nitrogens with zero attached hydrogens (tertiary/aromatic N) is 1. The molecule has 150 valence electrons. The van der Waals surface area contributed by atoms with Gasteiger partial charge in [0, 0.05) is 13.1 Å². The van der Waals surface area contributed by atoms with Gasteiger partial charge in [0.15, 0.2) is 0 Å². The zero-order valence-electron chi connectivity index (χ0n) is 15.8. The molecule has 1 aliphatic heterocycles. The third kappa shape index (κ3) is 4.98. The van der Waals surface area contributed by atoms with Gasteiger partial charge in [0.05, 0.1) is 6.04 Å². The first-order valence-corrected chi connectivity index (χ1v) is 9.66. The Morgan fingerprint density at radius 2 is 1.31 bits per heavy atom. The molecule has 3 aromatic rings. The molecule has 0 bridgehead atoms. The van der Waals surface area contributed by atoms with Gasteiger partial charge in [0.25, 0.3) is 0 Å². The molecule has 3 aromatic carbocycles. The lowest BCUT2D eigenvalue weighted by Crippen LogP contribution is -2.49. The molecule has 1 heterocycles. The van der Waals surface area contributed by atoms with Crippen molar-refractivity contribution >= 4 is 0 Å². The largest absolute Gasteiger partial charge is 0.573 e. The lowest BCUT2D eigenvalue weighted by atomic mass is 9.87. The number of benzene rings is 3. The normalized spacial score (nSPS) is 15.3. The van der Waals surface area contributed by atoms with Crippen LogP contribution in [0.3, 0.4) is 0 Å². The summed E-state index contributed by atoms with van der Waals surface area (Å²) >= 11 is 0. The molecule has 0 N–H and O–H groups in total. The number of rotatable bonds is 6. The summed E-state index contributed by atoms with van der Waals surface area (Å²) in [4.78, 5) is 2.45. The van der Waals surface area contributed by atoms with Crippen LogP contribution in [0.5, 0.6) is 5.75 Å². The van der Waals surface area contributed by atoms with Crippen LogP contribution < -0.4 is 4.74 Å². The molecule has 1 aliphatic rings. The summed E-state index contributed by atoms with van der Waals surface area (Å²) in [5, 5.41) is 0. The van der Waals surface area contributed by atoms with Crippen LogP contribution in [-0.4, -0.2) is 24.4 Å². The predicted molar refractivity (Wildman–Crippen MR) is 107 cm³/mol. The van der Waals surface area contributed by atoms with Gasteiger partial charge in [0.2, 0.25) is 0 Å². The zero-order chi connectivity index (χ0) is 20.3. The van der Waals surface area contributed by atoms with Gasteiger partial charge in [-0.05, 0) is 41.2 Å². The fraction of sp³-hybridized carbons (Fsp3) is 0.250. The first kappa shape index (κ1) is 19.5. The topological polar surface area (TPSA) is 12.5 Å². The van der Waals surface area contributed by atoms with E-state index in [4.69, 9.17) is 0 Å². The first-order valence-electron chi connectivity index (χ1n) is 9.66. The minimum absolute atomic E-state index is 0.176. The molecule has 29 heavy (non-hydrogen) atoms. The summed E-state index contributed by atoms with van der Waals surface area (Å²) in [7, 11) is 0. The highest BCUT2D eigenvalue weighted by Crippen LogP contribution is 2.35. The molecule has 0 radical (unpaired) electrons. The Balaban J connectivity index is 1.40. The molecule has 0 amide bonds. The van der Waals surface area contributed by atoms with Crippen molar-refractivity contribution in [1.82, 2.24) is 4.90 Å². The van der Waals surface area contributed by atoms with Crippen LogP contribution in [0.25, 0.3) is 0 Å². The average molecular weight is 397 g/mol. The summed E-state index contributed by atoms with van der Waals surface area (Å²) in [6, 6.07) is 27.4. The van der Waals surface area contributed by atoms with E-state index in [1.54, 1.807) is 12.1 Å². The smallest absolute Gasteiger partial charge is 0.406 e. The maximum Gasteiger partial charge on any atom is 0.573 e. The Morgan fingerprint density at radius 1 is 0.793 bits per heavy atom. The number of hydrogen-bond acceptors (Lipinski definition) is 2. The molecule has 0 aromatic heterocycles. The van der Waals surface area contributed by atoms with E-state index >= 15 is 0 Å². The molecule has 0 atom stereocenters. The summed E-state index contributed by atoms with van der Waals surface area (Å²) in [5.74, 6) is 0.309. The quantitative estimate of drug-likeness (QED) is 0.517. The Kier molecular flexibility index (Phi) is 5.58. The van der Waals surface area contributed by atoms with Crippen molar-refractivity contribution in [2.24, 2.45) is 5.92 Å². The second-order valence-electron chi connectivity index (χ2n) is 7.44. The Bertz CT molecular complexity index is 865.